The van der Waals surface area contributed by atoms with E-state index in [1.54, 1.807) is 12.5 Å². The lowest BCUT2D eigenvalue weighted by atomic mass is 10.5. The van der Waals surface area contributed by atoms with Gasteiger partial charge in [0.05, 0.1) is 21.2 Å². The Morgan fingerprint density at radius 2 is 2.50 bits per heavy atom. The number of hydrogen-bond donors (Lipinski definition) is 2. The van der Waals surface area contributed by atoms with Crippen LogP contribution in [0, 0.1) is 0 Å². The van der Waals surface area contributed by atoms with Gasteiger partial charge >= 0.3 is 0 Å². The van der Waals surface area contributed by atoms with E-state index in [-0.39, 0.29) is 5.11 Å². The van der Waals surface area contributed by atoms with Crippen molar-refractivity contribution in [1.29, 1.82) is 0 Å². The van der Waals surface area contributed by atoms with E-state index in [0.717, 1.165) is 9.09 Å². The summed E-state index contributed by atoms with van der Waals surface area (Å²) in [6.45, 7) is 0. The van der Waals surface area contributed by atoms with Crippen molar-refractivity contribution in [3.63, 3.8) is 0 Å². The third-order valence-electron chi connectivity index (χ3n) is 1.25. The number of thiophene rings is 1. The molecule has 0 amide bonds. The number of nitrogens with one attached hydrogen (secondary N) is 1. The van der Waals surface area contributed by atoms with Gasteiger partial charge < -0.3 is 5.73 Å². The van der Waals surface area contributed by atoms with Crippen molar-refractivity contribution in [3.8, 4) is 0 Å². The molecule has 0 aliphatic heterocycles. The zero-order valence-electron chi connectivity index (χ0n) is 7.39. The van der Waals surface area contributed by atoms with Gasteiger partial charge in [0, 0.05) is 11.1 Å². The lowest BCUT2D eigenvalue weighted by molar-refractivity contribution is 0.688. The van der Waals surface area contributed by atoms with Crippen LogP contribution in [0.3, 0.4) is 0 Å². The van der Waals surface area contributed by atoms with Gasteiger partial charge in [-0.15, -0.1) is 11.3 Å². The Bertz CT molecular complexity index is 385. The van der Waals surface area contributed by atoms with E-state index in [9.17, 15) is 4.21 Å². The molecule has 0 radical (unpaired) electrons. The third kappa shape index (κ3) is 3.52. The zero-order chi connectivity index (χ0) is 10.6. The Labute approximate surface area is 93.7 Å². The molecule has 1 heterocycles. The summed E-state index contributed by atoms with van der Waals surface area (Å²) in [6, 6.07) is 3.65. The molecule has 0 unspecified atom stereocenters. The number of hydrogen-bond acceptors (Lipinski definition) is 4. The van der Waals surface area contributed by atoms with Crippen LogP contribution in [0.15, 0.2) is 21.4 Å². The van der Waals surface area contributed by atoms with Gasteiger partial charge in [0.25, 0.3) is 0 Å². The molecule has 1 rings (SSSR count). The van der Waals surface area contributed by atoms with Crippen molar-refractivity contribution in [2.45, 2.75) is 4.21 Å². The lowest BCUT2D eigenvalue weighted by Crippen LogP contribution is -2.23. The first-order valence-electron chi connectivity index (χ1n) is 3.61. The first kappa shape index (κ1) is 11.3. The van der Waals surface area contributed by atoms with Crippen LogP contribution in [-0.2, 0) is 10.8 Å². The molecule has 14 heavy (non-hydrogen) atoms. The van der Waals surface area contributed by atoms with Gasteiger partial charge in [0.1, 0.15) is 0 Å². The van der Waals surface area contributed by atoms with Crippen molar-refractivity contribution >= 4 is 45.7 Å². The van der Waals surface area contributed by atoms with Gasteiger partial charge in [-0.3, -0.25) is 9.63 Å². The minimum absolute atomic E-state index is 0.122. The molecule has 0 saturated heterocycles. The fraction of sp³-hybridized carbons (Fsp3) is 0.143. The van der Waals surface area contributed by atoms with Crippen LogP contribution in [0.25, 0.3) is 0 Å². The molecular weight excluding hydrogens is 238 g/mol. The first-order chi connectivity index (χ1) is 6.59. The van der Waals surface area contributed by atoms with Crippen LogP contribution in [-0.4, -0.2) is 21.8 Å². The van der Waals surface area contributed by atoms with Crippen LogP contribution < -0.4 is 11.2 Å². The Hall–Kier alpha value is -0.790. The highest BCUT2D eigenvalue weighted by molar-refractivity contribution is 7.86. The Kier molecular flexibility index (Phi) is 4.18. The number of hydrazone groups is 1. The molecule has 76 valence electrons. The minimum atomic E-state index is -0.936. The summed E-state index contributed by atoms with van der Waals surface area (Å²) in [4.78, 5) is 0.902. The molecule has 0 bridgehead atoms. The largest absolute Gasteiger partial charge is 0.375 e. The topological polar surface area (TPSA) is 67.5 Å². The number of nitrogens with zero attached hydrogens (tertiary/aromatic N) is 1. The Balaban J connectivity index is 2.64. The van der Waals surface area contributed by atoms with Crippen LogP contribution in [0.1, 0.15) is 4.88 Å². The molecule has 0 fully saturated rings. The summed E-state index contributed by atoms with van der Waals surface area (Å²) < 4.78 is 11.9. The summed E-state index contributed by atoms with van der Waals surface area (Å²) in [7, 11) is -0.936. The summed E-state index contributed by atoms with van der Waals surface area (Å²) >= 11 is 5.98. The first-order valence-corrected chi connectivity index (χ1v) is 6.39. The van der Waals surface area contributed by atoms with Crippen LogP contribution in [0.2, 0.25) is 0 Å². The number of thiocarbonyl (C=S) groups is 1. The van der Waals surface area contributed by atoms with Crippen LogP contribution in [0.4, 0.5) is 0 Å². The molecule has 7 heteroatoms. The van der Waals surface area contributed by atoms with Gasteiger partial charge in [0.2, 0.25) is 0 Å². The average molecular weight is 247 g/mol. The molecule has 4 nitrogen and oxygen atoms in total. The molecular formula is C7H9N3OS3. The number of nitrogens with two attached hydrogens (primary N) is 1. The summed E-state index contributed by atoms with van der Waals surface area (Å²) in [5.74, 6) is 0. The highest BCUT2D eigenvalue weighted by Gasteiger charge is 2.00. The highest BCUT2D eigenvalue weighted by Crippen LogP contribution is 2.17. The van der Waals surface area contributed by atoms with Crippen molar-refractivity contribution in [2.24, 2.45) is 10.8 Å². The highest BCUT2D eigenvalue weighted by atomic mass is 32.2. The molecule has 0 aromatic carbocycles. The van der Waals surface area contributed by atoms with Crippen molar-refractivity contribution in [2.75, 3.05) is 6.26 Å². The van der Waals surface area contributed by atoms with E-state index in [0.29, 0.717) is 0 Å². The lowest BCUT2D eigenvalue weighted by Gasteiger charge is -1.91. The van der Waals surface area contributed by atoms with Gasteiger partial charge in [-0.2, -0.15) is 5.10 Å². The van der Waals surface area contributed by atoms with Crippen molar-refractivity contribution in [1.82, 2.24) is 5.43 Å². The predicted octanol–water partition coefficient (Wildman–Crippen LogP) is 0.653. The minimum Gasteiger partial charge on any atom is -0.375 e. The van der Waals surface area contributed by atoms with E-state index in [2.05, 4.69) is 22.7 Å². The monoisotopic (exact) mass is 247 g/mol. The molecule has 1 aromatic heterocycles. The maximum Gasteiger partial charge on any atom is 0.184 e. The van der Waals surface area contributed by atoms with E-state index < -0.39 is 10.8 Å². The normalized spacial score (nSPS) is 12.9. The van der Waals surface area contributed by atoms with Gasteiger partial charge in [0.15, 0.2) is 5.11 Å². The molecule has 0 aliphatic rings. The standard InChI is InChI=1S/C7H9N3OS3/c1-14(11)6-3-2-5(13-6)4-9-10-7(8)12/h2-4H,1H3,(H3,8,10,12)/b9-4-/t14-/m1/s1. The van der Waals surface area contributed by atoms with Gasteiger partial charge in [-0.1, -0.05) is 0 Å². The molecule has 1 atom stereocenters. The third-order valence-corrected chi connectivity index (χ3v) is 3.81. The quantitative estimate of drug-likeness (QED) is 0.467. The molecule has 1 aromatic rings. The summed E-state index contributed by atoms with van der Waals surface area (Å²) in [6.07, 6.45) is 3.22. The fourth-order valence-electron chi connectivity index (χ4n) is 0.718. The van der Waals surface area contributed by atoms with E-state index in [4.69, 9.17) is 5.73 Å². The Morgan fingerprint density at radius 1 is 1.79 bits per heavy atom. The smallest absolute Gasteiger partial charge is 0.184 e. The zero-order valence-corrected chi connectivity index (χ0v) is 9.84. The van der Waals surface area contributed by atoms with E-state index >= 15 is 0 Å². The second kappa shape index (κ2) is 5.18. The second-order valence-electron chi connectivity index (χ2n) is 2.35. The summed E-state index contributed by atoms with van der Waals surface area (Å²) in [5, 5.41) is 3.91. The molecule has 0 aliphatic carbocycles. The van der Waals surface area contributed by atoms with E-state index in [1.807, 2.05) is 12.1 Å². The van der Waals surface area contributed by atoms with Gasteiger partial charge in [-0.05, 0) is 24.4 Å². The van der Waals surface area contributed by atoms with Crippen molar-refractivity contribution in [3.05, 3.63) is 17.0 Å². The molecule has 0 spiro atoms. The van der Waals surface area contributed by atoms with Crippen LogP contribution in [0.5, 0.6) is 0 Å². The van der Waals surface area contributed by atoms with Gasteiger partial charge in [-0.25, -0.2) is 0 Å². The predicted molar refractivity (Wildman–Crippen MR) is 64.2 cm³/mol. The van der Waals surface area contributed by atoms with Crippen molar-refractivity contribution < 1.29 is 4.21 Å². The maximum absolute atomic E-state index is 11.1. The SMILES string of the molecule is C[S@@](=O)c1ccc(/C=N\NC(N)=S)s1. The number of rotatable bonds is 3. The van der Waals surface area contributed by atoms with E-state index in [1.165, 1.54) is 11.3 Å². The molecule has 0 saturated carbocycles. The Morgan fingerprint density at radius 3 is 3.00 bits per heavy atom. The fourth-order valence-corrected chi connectivity index (χ4v) is 2.40. The molecule has 3 N–H and O–H groups in total. The van der Waals surface area contributed by atoms with Crippen LogP contribution >= 0.6 is 23.6 Å². The maximum atomic E-state index is 11.1. The second-order valence-corrected chi connectivity index (χ2v) is 5.51. The summed E-state index contributed by atoms with van der Waals surface area (Å²) in [5.41, 5.74) is 7.61. The average Bonchev–Trinajstić information content (AvgIpc) is 2.52.